The van der Waals surface area contributed by atoms with Crippen molar-refractivity contribution in [2.75, 3.05) is 26.5 Å². The average Bonchev–Trinajstić information content (AvgIpc) is 2.56. The maximum absolute atomic E-state index is 5.76. The van der Waals surface area contributed by atoms with Gasteiger partial charge in [-0.3, -0.25) is 4.99 Å². The number of rotatable bonds is 9. The van der Waals surface area contributed by atoms with Crippen LogP contribution in [0.3, 0.4) is 0 Å². The van der Waals surface area contributed by atoms with E-state index in [4.69, 9.17) is 4.74 Å². The molecule has 0 aliphatic heterocycles. The smallest absolute Gasteiger partial charge is 0.218 e. The van der Waals surface area contributed by atoms with E-state index in [2.05, 4.69) is 47.6 Å². The normalized spacial score (nSPS) is 12.1. The zero-order valence-corrected chi connectivity index (χ0v) is 15.8. The average molecular weight is 339 g/mol. The molecule has 0 spiro atoms. The first-order valence-electron chi connectivity index (χ1n) is 8.08. The lowest BCUT2D eigenvalue weighted by Gasteiger charge is -2.23. The Labute approximate surface area is 144 Å². The summed E-state index contributed by atoms with van der Waals surface area (Å²) in [5, 5.41) is 6.68. The lowest BCUT2D eigenvalue weighted by atomic mass is 10.2. The molecule has 1 aromatic rings. The molecule has 6 heteroatoms. The molecule has 0 fully saturated rings. The molecule has 0 atom stereocenters. The fraction of sp³-hybridized carbons (Fsp3) is 0.647. The lowest BCUT2D eigenvalue weighted by molar-refractivity contribution is 0.294. The fourth-order valence-corrected chi connectivity index (χ4v) is 1.99. The highest BCUT2D eigenvalue weighted by Gasteiger charge is 2.16. The molecule has 0 saturated carbocycles. The number of thioether (sulfide) groups is 1. The van der Waals surface area contributed by atoms with E-state index >= 15 is 0 Å². The molecule has 130 valence electrons. The van der Waals surface area contributed by atoms with Crippen molar-refractivity contribution >= 4 is 17.7 Å². The van der Waals surface area contributed by atoms with Crippen LogP contribution in [0.25, 0.3) is 0 Å². The van der Waals surface area contributed by atoms with Gasteiger partial charge in [0.05, 0.1) is 6.61 Å². The van der Waals surface area contributed by atoms with Crippen molar-refractivity contribution in [2.45, 2.75) is 44.9 Å². The predicted molar refractivity (Wildman–Crippen MR) is 100 cm³/mol. The summed E-state index contributed by atoms with van der Waals surface area (Å²) in [6.07, 6.45) is 6.03. The van der Waals surface area contributed by atoms with Gasteiger partial charge in [0.2, 0.25) is 5.88 Å². The minimum Gasteiger partial charge on any atom is -0.477 e. The molecule has 0 unspecified atom stereocenters. The van der Waals surface area contributed by atoms with Crippen molar-refractivity contribution in [1.29, 1.82) is 0 Å². The first-order valence-corrected chi connectivity index (χ1v) is 9.31. The van der Waals surface area contributed by atoms with Crippen LogP contribution in [0.4, 0.5) is 0 Å². The molecule has 5 nitrogen and oxygen atoms in total. The van der Waals surface area contributed by atoms with Gasteiger partial charge >= 0.3 is 0 Å². The standard InChI is InChI=1S/C17H30N4OS/c1-6-7-11-22-15-14(9-8-10-19-15)12-20-16(18-4)21-13-17(2,3)23-5/h8-10H,6-7,11-13H2,1-5H3,(H2,18,20,21). The second-order valence-corrected chi connectivity index (χ2v) is 7.43. The second kappa shape index (κ2) is 10.4. The number of pyridine rings is 1. The van der Waals surface area contributed by atoms with Crippen LogP contribution in [0.1, 0.15) is 39.2 Å². The van der Waals surface area contributed by atoms with Crippen LogP contribution in [0.2, 0.25) is 0 Å². The molecule has 0 bridgehead atoms. The monoisotopic (exact) mass is 338 g/mol. The lowest BCUT2D eigenvalue weighted by Crippen LogP contribution is -2.43. The first-order chi connectivity index (χ1) is 11.0. The third-order valence-electron chi connectivity index (χ3n) is 3.49. The zero-order chi connectivity index (χ0) is 17.1. The number of hydrogen-bond acceptors (Lipinski definition) is 4. The summed E-state index contributed by atoms with van der Waals surface area (Å²) in [5.74, 6) is 1.49. The number of hydrogen-bond donors (Lipinski definition) is 2. The maximum atomic E-state index is 5.76. The predicted octanol–water partition coefficient (Wildman–Crippen LogP) is 3.07. The fourth-order valence-electron chi connectivity index (χ4n) is 1.77. The van der Waals surface area contributed by atoms with E-state index < -0.39 is 0 Å². The Kier molecular flexibility index (Phi) is 8.84. The quantitative estimate of drug-likeness (QED) is 0.412. The Morgan fingerprint density at radius 1 is 1.39 bits per heavy atom. The molecule has 23 heavy (non-hydrogen) atoms. The Balaban J connectivity index is 2.55. The van der Waals surface area contributed by atoms with Gasteiger partial charge in [0, 0.05) is 36.6 Å². The minimum atomic E-state index is 0.167. The molecule has 0 saturated heterocycles. The van der Waals surface area contributed by atoms with Crippen LogP contribution in [-0.4, -0.2) is 42.1 Å². The Hall–Kier alpha value is -1.43. The molecular formula is C17H30N4OS. The van der Waals surface area contributed by atoms with Crippen molar-refractivity contribution in [1.82, 2.24) is 15.6 Å². The summed E-state index contributed by atoms with van der Waals surface area (Å²) in [6, 6.07) is 3.96. The van der Waals surface area contributed by atoms with E-state index in [0.29, 0.717) is 19.0 Å². The topological polar surface area (TPSA) is 58.5 Å². The van der Waals surface area contributed by atoms with Gasteiger partial charge in [-0.1, -0.05) is 19.4 Å². The minimum absolute atomic E-state index is 0.167. The van der Waals surface area contributed by atoms with Gasteiger partial charge < -0.3 is 15.4 Å². The third-order valence-corrected chi connectivity index (χ3v) is 4.74. The molecular weight excluding hydrogens is 308 g/mol. The first kappa shape index (κ1) is 19.6. The summed E-state index contributed by atoms with van der Waals surface area (Å²) >= 11 is 1.83. The number of aromatic nitrogens is 1. The van der Waals surface area contributed by atoms with Gasteiger partial charge in [0.25, 0.3) is 0 Å². The summed E-state index contributed by atoms with van der Waals surface area (Å²) < 4.78 is 5.93. The number of ether oxygens (including phenoxy) is 1. The number of guanidine groups is 1. The molecule has 0 amide bonds. The van der Waals surface area contributed by atoms with E-state index in [1.165, 1.54) is 0 Å². The van der Waals surface area contributed by atoms with Crippen LogP contribution in [0.15, 0.2) is 23.3 Å². The molecule has 1 heterocycles. The van der Waals surface area contributed by atoms with Gasteiger partial charge in [-0.05, 0) is 32.6 Å². The van der Waals surface area contributed by atoms with E-state index in [0.717, 1.165) is 30.9 Å². The molecule has 0 aliphatic carbocycles. The third kappa shape index (κ3) is 7.59. The van der Waals surface area contributed by atoms with Crippen LogP contribution >= 0.6 is 11.8 Å². The molecule has 0 radical (unpaired) electrons. The van der Waals surface area contributed by atoms with E-state index in [1.807, 2.05) is 23.9 Å². The van der Waals surface area contributed by atoms with Crippen molar-refractivity contribution in [3.05, 3.63) is 23.9 Å². The van der Waals surface area contributed by atoms with Crippen LogP contribution in [0, 0.1) is 0 Å². The van der Waals surface area contributed by atoms with Gasteiger partial charge in [0.15, 0.2) is 5.96 Å². The number of nitrogens with one attached hydrogen (secondary N) is 2. The van der Waals surface area contributed by atoms with Crippen molar-refractivity contribution in [3.8, 4) is 5.88 Å². The zero-order valence-electron chi connectivity index (χ0n) is 15.0. The molecule has 0 aliphatic rings. The highest BCUT2D eigenvalue weighted by molar-refractivity contribution is 7.99. The van der Waals surface area contributed by atoms with Gasteiger partial charge in [-0.15, -0.1) is 0 Å². The Morgan fingerprint density at radius 2 is 2.17 bits per heavy atom. The number of nitrogens with zero attached hydrogens (tertiary/aromatic N) is 2. The van der Waals surface area contributed by atoms with Crippen molar-refractivity contribution in [2.24, 2.45) is 4.99 Å². The van der Waals surface area contributed by atoms with E-state index in [9.17, 15) is 0 Å². The summed E-state index contributed by atoms with van der Waals surface area (Å²) in [4.78, 5) is 8.60. The van der Waals surface area contributed by atoms with Crippen LogP contribution < -0.4 is 15.4 Å². The summed E-state index contributed by atoms with van der Waals surface area (Å²) in [7, 11) is 1.78. The van der Waals surface area contributed by atoms with E-state index in [1.54, 1.807) is 13.2 Å². The van der Waals surface area contributed by atoms with Crippen LogP contribution in [-0.2, 0) is 6.54 Å². The van der Waals surface area contributed by atoms with Crippen molar-refractivity contribution in [3.63, 3.8) is 0 Å². The second-order valence-electron chi connectivity index (χ2n) is 5.91. The van der Waals surface area contributed by atoms with Gasteiger partial charge in [-0.2, -0.15) is 11.8 Å². The Bertz CT molecular complexity index is 491. The summed E-state index contributed by atoms with van der Waals surface area (Å²) in [6.45, 7) is 8.75. The number of aliphatic imine (C=N–C) groups is 1. The highest BCUT2D eigenvalue weighted by Crippen LogP contribution is 2.19. The summed E-state index contributed by atoms with van der Waals surface area (Å²) in [5.41, 5.74) is 1.04. The Morgan fingerprint density at radius 3 is 2.83 bits per heavy atom. The van der Waals surface area contributed by atoms with Crippen molar-refractivity contribution < 1.29 is 4.74 Å². The molecule has 1 rings (SSSR count). The van der Waals surface area contributed by atoms with E-state index in [-0.39, 0.29) is 4.75 Å². The largest absolute Gasteiger partial charge is 0.477 e. The highest BCUT2D eigenvalue weighted by atomic mass is 32.2. The maximum Gasteiger partial charge on any atom is 0.218 e. The molecule has 2 N–H and O–H groups in total. The molecule has 0 aromatic carbocycles. The number of unbranched alkanes of at least 4 members (excludes halogenated alkanes) is 1. The SMILES string of the molecule is CCCCOc1ncccc1CNC(=NC)NCC(C)(C)SC. The van der Waals surface area contributed by atoms with Gasteiger partial charge in [-0.25, -0.2) is 4.98 Å². The van der Waals surface area contributed by atoms with Crippen LogP contribution in [0.5, 0.6) is 5.88 Å². The van der Waals surface area contributed by atoms with Gasteiger partial charge in [0.1, 0.15) is 0 Å². The molecule has 1 aromatic heterocycles.